The fourth-order valence-electron chi connectivity index (χ4n) is 6.80. The van der Waals surface area contributed by atoms with Gasteiger partial charge in [-0.3, -0.25) is 4.57 Å². The minimum atomic E-state index is 0.688. The Morgan fingerprint density at radius 2 is 1.11 bits per heavy atom. The zero-order valence-corrected chi connectivity index (χ0v) is 25.6. The standard InChI is InChI=1S/C40H23N3S2/c1-2-11-24(12-3-1)36-39-37(31-15-6-9-20-35(31)45-39)42-40(41-36)43-32-18-7-4-13-27(32)28-22-21-25(23-33(28)43)26-16-10-17-30-29-14-5-8-19-34(29)44-38(26)30/h1-23H. The van der Waals surface area contributed by atoms with Crippen LogP contribution >= 0.6 is 22.7 Å². The molecule has 5 heteroatoms. The van der Waals surface area contributed by atoms with Gasteiger partial charge in [0.1, 0.15) is 0 Å². The third-order valence-corrected chi connectivity index (χ3v) is 11.2. The molecule has 0 aliphatic rings. The number of rotatable bonds is 3. The second-order valence-corrected chi connectivity index (χ2v) is 13.5. The SMILES string of the molecule is c1ccc(-c2nc(-n3c4ccccc4c4ccc(-c5cccc6c5sc5ccccc56)cc43)nc3c2sc2ccccc23)cc1. The van der Waals surface area contributed by atoms with Crippen LogP contribution in [-0.2, 0) is 0 Å². The fourth-order valence-corrected chi connectivity index (χ4v) is 9.19. The van der Waals surface area contributed by atoms with Crippen LogP contribution in [0.4, 0.5) is 0 Å². The van der Waals surface area contributed by atoms with Gasteiger partial charge in [-0.15, -0.1) is 22.7 Å². The Hall–Kier alpha value is -5.36. The van der Waals surface area contributed by atoms with Crippen LogP contribution in [0.5, 0.6) is 0 Å². The first-order chi connectivity index (χ1) is 22.3. The van der Waals surface area contributed by atoms with Gasteiger partial charge in [0.25, 0.3) is 0 Å². The van der Waals surface area contributed by atoms with Crippen molar-refractivity contribution in [3.05, 3.63) is 140 Å². The summed E-state index contributed by atoms with van der Waals surface area (Å²) in [6, 6.07) is 49.9. The predicted molar refractivity (Wildman–Crippen MR) is 193 cm³/mol. The van der Waals surface area contributed by atoms with Gasteiger partial charge in [-0.05, 0) is 35.4 Å². The molecule has 0 N–H and O–H groups in total. The summed E-state index contributed by atoms with van der Waals surface area (Å²) in [6.45, 7) is 0. The lowest BCUT2D eigenvalue weighted by atomic mass is 10.0. The van der Waals surface area contributed by atoms with E-state index in [-0.39, 0.29) is 0 Å². The smallest absolute Gasteiger partial charge is 0.235 e. The highest BCUT2D eigenvalue weighted by Crippen LogP contribution is 2.43. The molecule has 3 nitrogen and oxygen atoms in total. The first kappa shape index (κ1) is 25.0. The highest BCUT2D eigenvalue weighted by molar-refractivity contribution is 7.26. The summed E-state index contributed by atoms with van der Waals surface area (Å²) in [5.41, 5.74) is 7.69. The van der Waals surface area contributed by atoms with Crippen molar-refractivity contribution in [3.8, 4) is 28.3 Å². The van der Waals surface area contributed by atoms with Gasteiger partial charge < -0.3 is 0 Å². The summed E-state index contributed by atoms with van der Waals surface area (Å²) in [7, 11) is 0. The fraction of sp³-hybridized carbons (Fsp3) is 0. The second kappa shape index (κ2) is 9.57. The lowest BCUT2D eigenvalue weighted by Gasteiger charge is -2.11. The average molecular weight is 610 g/mol. The number of para-hydroxylation sites is 1. The van der Waals surface area contributed by atoms with Crippen LogP contribution in [0, 0.1) is 0 Å². The molecule has 0 saturated carbocycles. The summed E-state index contributed by atoms with van der Waals surface area (Å²) < 4.78 is 7.22. The maximum atomic E-state index is 5.35. The molecular weight excluding hydrogens is 587 g/mol. The van der Waals surface area contributed by atoms with Gasteiger partial charge in [0.15, 0.2) is 0 Å². The van der Waals surface area contributed by atoms with Crippen molar-refractivity contribution in [3.63, 3.8) is 0 Å². The van der Waals surface area contributed by atoms with Crippen LogP contribution in [0.2, 0.25) is 0 Å². The quantitative estimate of drug-likeness (QED) is 0.199. The lowest BCUT2D eigenvalue weighted by Crippen LogP contribution is -2.02. The number of benzene rings is 6. The van der Waals surface area contributed by atoms with Gasteiger partial charge in [-0.1, -0.05) is 115 Å². The number of hydrogen-bond donors (Lipinski definition) is 0. The summed E-state index contributed by atoms with van der Waals surface area (Å²) in [5.74, 6) is 0.688. The van der Waals surface area contributed by atoms with E-state index in [1.54, 1.807) is 11.3 Å². The molecule has 0 unspecified atom stereocenters. The van der Waals surface area contributed by atoms with Gasteiger partial charge in [0.05, 0.1) is 26.9 Å². The number of fused-ring (bicyclic) bond motifs is 9. The molecule has 4 heterocycles. The Bertz CT molecular complexity index is 2770. The maximum Gasteiger partial charge on any atom is 0.235 e. The Kier molecular flexibility index (Phi) is 5.32. The lowest BCUT2D eigenvalue weighted by molar-refractivity contribution is 1.02. The van der Waals surface area contributed by atoms with E-state index in [1.807, 2.05) is 11.3 Å². The third kappa shape index (κ3) is 3.69. The van der Waals surface area contributed by atoms with E-state index in [0.29, 0.717) is 5.95 Å². The molecule has 0 fully saturated rings. The van der Waals surface area contributed by atoms with E-state index in [4.69, 9.17) is 9.97 Å². The van der Waals surface area contributed by atoms with Crippen LogP contribution in [0.25, 0.3) is 90.6 Å². The normalized spacial score (nSPS) is 12.0. The predicted octanol–water partition coefficient (Wildman–Crippen LogP) is 11.6. The molecule has 0 amide bonds. The van der Waals surface area contributed by atoms with E-state index in [0.717, 1.165) is 37.9 Å². The topological polar surface area (TPSA) is 30.7 Å². The van der Waals surface area contributed by atoms with Crippen molar-refractivity contribution in [1.82, 2.24) is 14.5 Å². The molecule has 0 saturated heterocycles. The summed E-state index contributed by atoms with van der Waals surface area (Å²) >= 11 is 3.63. The minimum absolute atomic E-state index is 0.688. The number of thiophene rings is 2. The van der Waals surface area contributed by atoms with E-state index in [9.17, 15) is 0 Å². The molecular formula is C40H23N3S2. The van der Waals surface area contributed by atoms with Crippen molar-refractivity contribution in [2.24, 2.45) is 0 Å². The largest absolute Gasteiger partial charge is 0.278 e. The van der Waals surface area contributed by atoms with E-state index < -0.39 is 0 Å². The summed E-state index contributed by atoms with van der Waals surface area (Å²) in [5, 5.41) is 6.17. The molecule has 0 aliphatic carbocycles. The molecule has 0 radical (unpaired) electrons. The van der Waals surface area contributed by atoms with Crippen molar-refractivity contribution >= 4 is 85.0 Å². The van der Waals surface area contributed by atoms with Crippen LogP contribution in [0.3, 0.4) is 0 Å². The maximum absolute atomic E-state index is 5.35. The molecule has 0 spiro atoms. The van der Waals surface area contributed by atoms with Crippen molar-refractivity contribution in [2.45, 2.75) is 0 Å². The summed E-state index contributed by atoms with van der Waals surface area (Å²) in [4.78, 5) is 10.7. The Morgan fingerprint density at radius 1 is 0.444 bits per heavy atom. The molecule has 0 aliphatic heterocycles. The highest BCUT2D eigenvalue weighted by atomic mass is 32.1. The Labute approximate surface area is 266 Å². The van der Waals surface area contributed by atoms with Crippen molar-refractivity contribution < 1.29 is 0 Å². The van der Waals surface area contributed by atoms with Crippen molar-refractivity contribution in [2.75, 3.05) is 0 Å². The van der Waals surface area contributed by atoms with E-state index in [1.165, 1.54) is 46.8 Å². The van der Waals surface area contributed by atoms with Crippen LogP contribution in [-0.4, -0.2) is 14.5 Å². The number of aromatic nitrogens is 3. The van der Waals surface area contributed by atoms with Gasteiger partial charge in [0, 0.05) is 46.6 Å². The molecule has 210 valence electrons. The monoisotopic (exact) mass is 609 g/mol. The molecule has 4 aromatic heterocycles. The minimum Gasteiger partial charge on any atom is -0.278 e. The van der Waals surface area contributed by atoms with Gasteiger partial charge >= 0.3 is 0 Å². The van der Waals surface area contributed by atoms with Crippen LogP contribution in [0.15, 0.2) is 140 Å². The molecule has 10 aromatic rings. The first-order valence-corrected chi connectivity index (χ1v) is 16.6. The highest BCUT2D eigenvalue weighted by Gasteiger charge is 2.20. The van der Waals surface area contributed by atoms with Gasteiger partial charge in [-0.25, -0.2) is 9.97 Å². The zero-order chi connectivity index (χ0) is 29.5. The molecule has 45 heavy (non-hydrogen) atoms. The van der Waals surface area contributed by atoms with Crippen molar-refractivity contribution in [1.29, 1.82) is 0 Å². The molecule has 10 rings (SSSR count). The molecule has 0 bridgehead atoms. The third-order valence-electron chi connectivity index (χ3n) is 8.84. The van der Waals surface area contributed by atoms with E-state index in [2.05, 4.69) is 144 Å². The summed E-state index contributed by atoms with van der Waals surface area (Å²) in [6.07, 6.45) is 0. The van der Waals surface area contributed by atoms with Crippen LogP contribution in [0.1, 0.15) is 0 Å². The van der Waals surface area contributed by atoms with Crippen LogP contribution < -0.4 is 0 Å². The number of nitrogens with zero attached hydrogens (tertiary/aromatic N) is 3. The second-order valence-electron chi connectivity index (χ2n) is 11.4. The Morgan fingerprint density at radius 3 is 1.98 bits per heavy atom. The number of hydrogen-bond acceptors (Lipinski definition) is 4. The zero-order valence-electron chi connectivity index (χ0n) is 23.9. The average Bonchev–Trinajstić information content (AvgIpc) is 3.77. The van der Waals surface area contributed by atoms with Gasteiger partial charge in [0.2, 0.25) is 5.95 Å². The van der Waals surface area contributed by atoms with E-state index >= 15 is 0 Å². The molecule has 6 aromatic carbocycles. The van der Waals surface area contributed by atoms with Gasteiger partial charge in [-0.2, -0.15) is 0 Å². The first-order valence-electron chi connectivity index (χ1n) is 15.0. The molecule has 0 atom stereocenters. The Balaban J connectivity index is 1.30.